The first-order chi connectivity index (χ1) is 7.79. The van der Waals surface area contributed by atoms with E-state index >= 15 is 0 Å². The van der Waals surface area contributed by atoms with Gasteiger partial charge in [0.25, 0.3) is 0 Å². The number of imidazole rings is 1. The molecule has 0 aliphatic rings. The maximum atomic E-state index is 5.65. The average molecular weight is 216 g/mol. The van der Waals surface area contributed by atoms with Crippen LogP contribution in [0.5, 0.6) is 0 Å². The molecule has 0 aromatic carbocycles. The molecule has 0 unspecified atom stereocenters. The molecule has 0 spiro atoms. The van der Waals surface area contributed by atoms with Crippen LogP contribution in [0.15, 0.2) is 30.6 Å². The topological polar surface area (TPSA) is 56.7 Å². The highest BCUT2D eigenvalue weighted by atomic mass is 15.1. The lowest BCUT2D eigenvalue weighted by atomic mass is 10.2. The van der Waals surface area contributed by atoms with E-state index in [2.05, 4.69) is 21.5 Å². The lowest BCUT2D eigenvalue weighted by Gasteiger charge is -2.06. The zero-order valence-corrected chi connectivity index (χ0v) is 9.43. The number of nitrogens with zero attached hydrogens (tertiary/aromatic N) is 3. The summed E-state index contributed by atoms with van der Waals surface area (Å²) >= 11 is 0. The van der Waals surface area contributed by atoms with Crippen LogP contribution in [0.25, 0.3) is 0 Å². The molecule has 0 bridgehead atoms. The second-order valence-electron chi connectivity index (χ2n) is 3.77. The van der Waals surface area contributed by atoms with Crippen LogP contribution in [-0.2, 0) is 13.0 Å². The molecule has 2 rings (SSSR count). The smallest absolute Gasteiger partial charge is 0.123 e. The standard InChI is InChI=1S/C12H16N4/c1-2-7-16-8-6-14-12(16)9-10-4-3-5-11(13)15-10/h3-6,8H,2,7,9H2,1H3,(H2,13,15). The van der Waals surface area contributed by atoms with E-state index in [-0.39, 0.29) is 0 Å². The van der Waals surface area contributed by atoms with Crippen molar-refractivity contribution in [2.24, 2.45) is 0 Å². The van der Waals surface area contributed by atoms with E-state index in [1.165, 1.54) is 0 Å². The van der Waals surface area contributed by atoms with Crippen molar-refractivity contribution in [3.8, 4) is 0 Å². The van der Waals surface area contributed by atoms with Crippen molar-refractivity contribution in [2.45, 2.75) is 26.3 Å². The van der Waals surface area contributed by atoms with Gasteiger partial charge in [-0.1, -0.05) is 13.0 Å². The van der Waals surface area contributed by atoms with Crippen molar-refractivity contribution in [1.82, 2.24) is 14.5 Å². The van der Waals surface area contributed by atoms with E-state index in [9.17, 15) is 0 Å². The molecule has 0 amide bonds. The van der Waals surface area contributed by atoms with E-state index in [1.54, 1.807) is 6.07 Å². The summed E-state index contributed by atoms with van der Waals surface area (Å²) in [7, 11) is 0. The van der Waals surface area contributed by atoms with Gasteiger partial charge in [0.05, 0.1) is 5.69 Å². The Kier molecular flexibility index (Phi) is 3.19. The lowest BCUT2D eigenvalue weighted by molar-refractivity contribution is 0.645. The predicted molar refractivity (Wildman–Crippen MR) is 64.0 cm³/mol. The SMILES string of the molecule is CCCn1ccnc1Cc1cccc(N)n1. The van der Waals surface area contributed by atoms with Crippen molar-refractivity contribution in [1.29, 1.82) is 0 Å². The number of aromatic nitrogens is 3. The molecule has 4 heteroatoms. The van der Waals surface area contributed by atoms with Gasteiger partial charge in [-0.3, -0.25) is 0 Å². The number of nitrogens with two attached hydrogens (primary N) is 1. The summed E-state index contributed by atoms with van der Waals surface area (Å²) in [5.41, 5.74) is 6.61. The van der Waals surface area contributed by atoms with Gasteiger partial charge in [-0.15, -0.1) is 0 Å². The van der Waals surface area contributed by atoms with Crippen LogP contribution in [0, 0.1) is 0 Å². The Hall–Kier alpha value is -1.84. The monoisotopic (exact) mass is 216 g/mol. The second kappa shape index (κ2) is 4.79. The number of hydrogen-bond acceptors (Lipinski definition) is 3. The lowest BCUT2D eigenvalue weighted by Crippen LogP contribution is -2.05. The molecule has 0 radical (unpaired) electrons. The zero-order chi connectivity index (χ0) is 11.4. The van der Waals surface area contributed by atoms with Gasteiger partial charge in [-0.2, -0.15) is 0 Å². The van der Waals surface area contributed by atoms with Crippen molar-refractivity contribution >= 4 is 5.82 Å². The van der Waals surface area contributed by atoms with E-state index < -0.39 is 0 Å². The van der Waals surface area contributed by atoms with Crippen molar-refractivity contribution < 1.29 is 0 Å². The highest BCUT2D eigenvalue weighted by molar-refractivity contribution is 5.29. The fourth-order valence-corrected chi connectivity index (χ4v) is 1.71. The summed E-state index contributed by atoms with van der Waals surface area (Å²) in [5, 5.41) is 0. The predicted octanol–water partition coefficient (Wildman–Crippen LogP) is 1.86. The van der Waals surface area contributed by atoms with Crippen LogP contribution in [0.1, 0.15) is 24.9 Å². The molecule has 2 aromatic rings. The third-order valence-electron chi connectivity index (χ3n) is 2.43. The Morgan fingerprint density at radius 1 is 1.38 bits per heavy atom. The van der Waals surface area contributed by atoms with E-state index in [4.69, 9.17) is 5.73 Å². The fourth-order valence-electron chi connectivity index (χ4n) is 1.71. The number of anilines is 1. The third-order valence-corrected chi connectivity index (χ3v) is 2.43. The molecule has 4 nitrogen and oxygen atoms in total. The molecule has 0 saturated heterocycles. The van der Waals surface area contributed by atoms with E-state index in [0.29, 0.717) is 5.82 Å². The Morgan fingerprint density at radius 2 is 2.25 bits per heavy atom. The van der Waals surface area contributed by atoms with Crippen molar-refractivity contribution in [3.05, 3.63) is 42.1 Å². The fraction of sp³-hybridized carbons (Fsp3) is 0.333. The van der Waals surface area contributed by atoms with Gasteiger partial charge in [0.1, 0.15) is 11.6 Å². The summed E-state index contributed by atoms with van der Waals surface area (Å²) in [4.78, 5) is 8.62. The van der Waals surface area contributed by atoms with Crippen LogP contribution in [0.3, 0.4) is 0 Å². The highest BCUT2D eigenvalue weighted by Gasteiger charge is 2.04. The van der Waals surface area contributed by atoms with Crippen molar-refractivity contribution in [2.75, 3.05) is 5.73 Å². The molecule has 84 valence electrons. The minimum atomic E-state index is 0.561. The summed E-state index contributed by atoms with van der Waals surface area (Å²) < 4.78 is 2.16. The quantitative estimate of drug-likeness (QED) is 0.848. The van der Waals surface area contributed by atoms with Crippen molar-refractivity contribution in [3.63, 3.8) is 0 Å². The van der Waals surface area contributed by atoms with E-state index in [1.807, 2.05) is 24.5 Å². The minimum absolute atomic E-state index is 0.561. The summed E-state index contributed by atoms with van der Waals surface area (Å²) in [6, 6.07) is 5.69. The maximum Gasteiger partial charge on any atom is 0.123 e. The first-order valence-electron chi connectivity index (χ1n) is 5.51. The van der Waals surface area contributed by atoms with Crippen LogP contribution in [-0.4, -0.2) is 14.5 Å². The number of nitrogen functional groups attached to an aromatic ring is 1. The first-order valence-corrected chi connectivity index (χ1v) is 5.51. The Balaban J connectivity index is 2.17. The molecule has 0 atom stereocenters. The molecule has 0 fully saturated rings. The molecule has 16 heavy (non-hydrogen) atoms. The maximum absolute atomic E-state index is 5.65. The molecular formula is C12H16N4. The van der Waals surface area contributed by atoms with Gasteiger partial charge in [-0.05, 0) is 18.6 Å². The normalized spacial score (nSPS) is 10.6. The van der Waals surface area contributed by atoms with Gasteiger partial charge < -0.3 is 10.3 Å². The van der Waals surface area contributed by atoms with Crippen LogP contribution in [0.4, 0.5) is 5.82 Å². The van der Waals surface area contributed by atoms with Gasteiger partial charge in [-0.25, -0.2) is 9.97 Å². The average Bonchev–Trinajstić information content (AvgIpc) is 2.66. The second-order valence-corrected chi connectivity index (χ2v) is 3.77. The molecule has 0 aliphatic heterocycles. The number of rotatable bonds is 4. The van der Waals surface area contributed by atoms with Gasteiger partial charge in [0, 0.05) is 25.4 Å². The minimum Gasteiger partial charge on any atom is -0.384 e. The molecule has 2 N–H and O–H groups in total. The largest absolute Gasteiger partial charge is 0.384 e. The first kappa shape index (κ1) is 10.7. The van der Waals surface area contributed by atoms with Crippen LogP contribution in [0.2, 0.25) is 0 Å². The third kappa shape index (κ3) is 2.39. The zero-order valence-electron chi connectivity index (χ0n) is 9.43. The van der Waals surface area contributed by atoms with Gasteiger partial charge in [0.2, 0.25) is 0 Å². The molecule has 2 aromatic heterocycles. The van der Waals surface area contributed by atoms with E-state index in [0.717, 1.165) is 30.9 Å². The summed E-state index contributed by atoms with van der Waals surface area (Å²) in [6.45, 7) is 3.15. The summed E-state index contributed by atoms with van der Waals surface area (Å²) in [6.07, 6.45) is 5.67. The molecule has 2 heterocycles. The number of hydrogen-bond donors (Lipinski definition) is 1. The molecule has 0 aliphatic carbocycles. The molecular weight excluding hydrogens is 200 g/mol. The molecule has 0 saturated carbocycles. The number of aryl methyl sites for hydroxylation is 1. The Labute approximate surface area is 95.1 Å². The summed E-state index contributed by atoms with van der Waals surface area (Å²) in [5.74, 6) is 1.60. The van der Waals surface area contributed by atoms with Gasteiger partial charge in [0.15, 0.2) is 0 Å². The Bertz CT molecular complexity index is 462. The Morgan fingerprint density at radius 3 is 3.00 bits per heavy atom. The number of pyridine rings is 1. The van der Waals surface area contributed by atoms with Crippen LogP contribution < -0.4 is 5.73 Å². The van der Waals surface area contributed by atoms with Crippen LogP contribution >= 0.6 is 0 Å². The highest BCUT2D eigenvalue weighted by Crippen LogP contribution is 2.08. The van der Waals surface area contributed by atoms with Gasteiger partial charge >= 0.3 is 0 Å².